The molecule has 1 fully saturated rings. The van der Waals surface area contributed by atoms with Crippen molar-refractivity contribution in [1.82, 2.24) is 0 Å². The van der Waals surface area contributed by atoms with Crippen LogP contribution in [0.2, 0.25) is 0 Å². The van der Waals surface area contributed by atoms with Crippen LogP contribution >= 0.6 is 31.9 Å². The molecule has 2 atom stereocenters. The van der Waals surface area contributed by atoms with Crippen LogP contribution in [0.5, 0.6) is 0 Å². The third-order valence-corrected chi connectivity index (χ3v) is 4.22. The predicted molar refractivity (Wildman–Crippen MR) is 63.1 cm³/mol. The van der Waals surface area contributed by atoms with Gasteiger partial charge >= 0.3 is 0 Å². The van der Waals surface area contributed by atoms with E-state index in [0.717, 1.165) is 38.5 Å². The van der Waals surface area contributed by atoms with E-state index in [1.54, 1.807) is 0 Å². The first-order valence-electron chi connectivity index (χ1n) is 4.99. The van der Waals surface area contributed by atoms with Crippen LogP contribution in [0.4, 0.5) is 0 Å². The number of alkyl halides is 2. The third-order valence-electron chi connectivity index (χ3n) is 2.48. The minimum Gasteiger partial charge on any atom is -0.290 e. The molecule has 0 amide bonds. The van der Waals surface area contributed by atoms with Gasteiger partial charge in [0.15, 0.2) is 0 Å². The van der Waals surface area contributed by atoms with Crippen LogP contribution in [-0.4, -0.2) is 21.2 Å². The second kappa shape index (κ2) is 6.01. The fourth-order valence-corrected chi connectivity index (χ4v) is 2.67. The minimum absolute atomic E-state index is 0.270. The number of Topliss-reactive ketones (excluding diaryl/α,β-unsaturated/α-hetero) is 2. The predicted octanol–water partition coefficient (Wildman–Crippen LogP) is 3.01. The summed E-state index contributed by atoms with van der Waals surface area (Å²) >= 11 is 6.55. The number of carbonyl (C=O) groups is 2. The molecule has 0 aromatic carbocycles. The first-order valence-corrected chi connectivity index (χ1v) is 6.82. The second-order valence-electron chi connectivity index (χ2n) is 3.66. The van der Waals surface area contributed by atoms with E-state index in [1.165, 1.54) is 0 Å². The zero-order valence-corrected chi connectivity index (χ0v) is 11.1. The van der Waals surface area contributed by atoms with Crippen molar-refractivity contribution < 1.29 is 9.59 Å². The lowest BCUT2D eigenvalue weighted by molar-refractivity contribution is -0.136. The molecule has 4 heteroatoms. The van der Waals surface area contributed by atoms with Crippen LogP contribution < -0.4 is 0 Å². The van der Waals surface area contributed by atoms with Gasteiger partial charge in [-0.05, 0) is 12.8 Å². The Morgan fingerprint density at radius 3 is 1.50 bits per heavy atom. The van der Waals surface area contributed by atoms with Crippen LogP contribution in [0.1, 0.15) is 38.5 Å². The lowest BCUT2D eigenvalue weighted by atomic mass is 9.99. The van der Waals surface area contributed by atoms with Gasteiger partial charge in [0.2, 0.25) is 11.6 Å². The first kappa shape index (κ1) is 12.4. The summed E-state index contributed by atoms with van der Waals surface area (Å²) in [4.78, 5) is 22.6. The van der Waals surface area contributed by atoms with Crippen LogP contribution in [0.3, 0.4) is 0 Å². The molecule has 1 rings (SSSR count). The van der Waals surface area contributed by atoms with Gasteiger partial charge in [0.1, 0.15) is 0 Å². The van der Waals surface area contributed by atoms with Crippen molar-refractivity contribution in [2.45, 2.75) is 48.2 Å². The summed E-state index contributed by atoms with van der Waals surface area (Å²) in [5.41, 5.74) is 0. The molecule has 0 aromatic rings. The zero-order valence-electron chi connectivity index (χ0n) is 7.97. The second-order valence-corrected chi connectivity index (χ2v) is 5.87. The quantitative estimate of drug-likeness (QED) is 0.507. The van der Waals surface area contributed by atoms with Gasteiger partial charge in [-0.15, -0.1) is 0 Å². The summed E-state index contributed by atoms with van der Waals surface area (Å²) in [6.45, 7) is 0. The van der Waals surface area contributed by atoms with Gasteiger partial charge < -0.3 is 0 Å². The van der Waals surface area contributed by atoms with E-state index in [-0.39, 0.29) is 21.2 Å². The molecule has 0 radical (unpaired) electrons. The average Bonchev–Trinajstić information content (AvgIpc) is 2.19. The molecule has 0 N–H and O–H groups in total. The van der Waals surface area contributed by atoms with Gasteiger partial charge in [-0.3, -0.25) is 9.59 Å². The van der Waals surface area contributed by atoms with Gasteiger partial charge in [-0.25, -0.2) is 0 Å². The largest absolute Gasteiger partial charge is 0.290 e. The molecule has 0 heterocycles. The Bertz CT molecular complexity index is 204. The SMILES string of the molecule is O=C1C(=O)[C@@H](Br)CCCCCC[C@@H]1Br. The molecule has 0 bridgehead atoms. The van der Waals surface area contributed by atoms with E-state index >= 15 is 0 Å². The summed E-state index contributed by atoms with van der Waals surface area (Å²) in [7, 11) is 0. The maximum atomic E-state index is 11.5. The van der Waals surface area contributed by atoms with E-state index in [1.807, 2.05) is 0 Å². The Labute approximate surface area is 101 Å². The summed E-state index contributed by atoms with van der Waals surface area (Å²) in [6, 6.07) is 0. The monoisotopic (exact) mass is 324 g/mol. The molecular formula is C10H14Br2O2. The van der Waals surface area contributed by atoms with Crippen LogP contribution in [-0.2, 0) is 9.59 Å². The number of hydrogen-bond acceptors (Lipinski definition) is 2. The maximum Gasteiger partial charge on any atom is 0.213 e. The van der Waals surface area contributed by atoms with E-state index in [4.69, 9.17) is 0 Å². The van der Waals surface area contributed by atoms with Gasteiger partial charge in [0.05, 0.1) is 9.65 Å². The molecule has 0 aromatic heterocycles. The molecule has 1 aliphatic carbocycles. The lowest BCUT2D eigenvalue weighted by Gasteiger charge is -2.14. The van der Waals surface area contributed by atoms with Crippen molar-refractivity contribution in [2.75, 3.05) is 0 Å². The highest BCUT2D eigenvalue weighted by atomic mass is 79.9. The average molecular weight is 326 g/mol. The Kier molecular flexibility index (Phi) is 5.31. The number of hydrogen-bond donors (Lipinski definition) is 0. The smallest absolute Gasteiger partial charge is 0.213 e. The van der Waals surface area contributed by atoms with Crippen LogP contribution in [0.15, 0.2) is 0 Å². The molecule has 1 saturated carbocycles. The molecule has 0 unspecified atom stereocenters. The molecule has 14 heavy (non-hydrogen) atoms. The zero-order chi connectivity index (χ0) is 10.6. The van der Waals surface area contributed by atoms with Crippen molar-refractivity contribution in [3.63, 3.8) is 0 Å². The van der Waals surface area contributed by atoms with Crippen LogP contribution in [0, 0.1) is 0 Å². The van der Waals surface area contributed by atoms with E-state index < -0.39 is 0 Å². The number of halogens is 2. The highest BCUT2D eigenvalue weighted by Crippen LogP contribution is 2.21. The van der Waals surface area contributed by atoms with E-state index in [0.29, 0.717) is 0 Å². The number of rotatable bonds is 0. The van der Waals surface area contributed by atoms with E-state index in [9.17, 15) is 9.59 Å². The molecule has 0 aliphatic heterocycles. The fourth-order valence-electron chi connectivity index (χ4n) is 1.57. The highest BCUT2D eigenvalue weighted by Gasteiger charge is 2.28. The Hall–Kier alpha value is 0.300. The Balaban J connectivity index is 2.62. The van der Waals surface area contributed by atoms with Crippen molar-refractivity contribution >= 4 is 43.4 Å². The van der Waals surface area contributed by atoms with Crippen molar-refractivity contribution in [2.24, 2.45) is 0 Å². The molecule has 80 valence electrons. The molecule has 0 spiro atoms. The Morgan fingerprint density at radius 1 is 0.786 bits per heavy atom. The summed E-state index contributed by atoms with van der Waals surface area (Å²) < 4.78 is 0. The maximum absolute atomic E-state index is 11.5. The van der Waals surface area contributed by atoms with Gasteiger partial charge in [0.25, 0.3) is 0 Å². The van der Waals surface area contributed by atoms with Crippen LogP contribution in [0.25, 0.3) is 0 Å². The summed E-state index contributed by atoms with van der Waals surface area (Å²) in [5.74, 6) is -0.539. The minimum atomic E-state index is -0.270. The van der Waals surface area contributed by atoms with Crippen molar-refractivity contribution in [3.8, 4) is 0 Å². The molecule has 1 aliphatic rings. The molecule has 0 saturated heterocycles. The standard InChI is InChI=1S/C10H14Br2O2/c11-7-5-3-1-2-4-6-8(12)10(14)9(7)13/h7-8H,1-6H2/t7-,8-/m0/s1. The molecule has 2 nitrogen and oxygen atoms in total. The number of carbonyl (C=O) groups excluding carboxylic acids is 2. The summed E-state index contributed by atoms with van der Waals surface area (Å²) in [5, 5.41) is 0. The summed E-state index contributed by atoms with van der Waals surface area (Å²) in [6.07, 6.45) is 5.94. The lowest BCUT2D eigenvalue weighted by Crippen LogP contribution is -2.31. The topological polar surface area (TPSA) is 34.1 Å². The van der Waals surface area contributed by atoms with Gasteiger partial charge in [0, 0.05) is 0 Å². The van der Waals surface area contributed by atoms with Crippen molar-refractivity contribution in [1.29, 1.82) is 0 Å². The number of ketones is 2. The third kappa shape index (κ3) is 3.46. The fraction of sp³-hybridized carbons (Fsp3) is 0.800. The molecular weight excluding hydrogens is 312 g/mol. The normalized spacial score (nSPS) is 31.6. The highest BCUT2D eigenvalue weighted by molar-refractivity contribution is 9.10. The Morgan fingerprint density at radius 2 is 1.14 bits per heavy atom. The van der Waals surface area contributed by atoms with Gasteiger partial charge in [-0.1, -0.05) is 57.5 Å². The first-order chi connectivity index (χ1) is 6.63. The van der Waals surface area contributed by atoms with E-state index in [2.05, 4.69) is 31.9 Å². The van der Waals surface area contributed by atoms with Gasteiger partial charge in [-0.2, -0.15) is 0 Å². The van der Waals surface area contributed by atoms with Crippen molar-refractivity contribution in [3.05, 3.63) is 0 Å².